The van der Waals surface area contributed by atoms with Crippen LogP contribution in [0.3, 0.4) is 0 Å². The first-order valence-electron chi connectivity index (χ1n) is 4.14. The molecule has 0 bridgehead atoms. The van der Waals surface area contributed by atoms with Crippen LogP contribution in [0.1, 0.15) is 5.56 Å². The van der Waals surface area contributed by atoms with E-state index < -0.39 is 0 Å². The Hall–Kier alpha value is -0.851. The molecule has 0 aromatic heterocycles. The quantitative estimate of drug-likeness (QED) is 0.722. The van der Waals surface area contributed by atoms with Gasteiger partial charge in [-0.1, -0.05) is 0 Å². The van der Waals surface area contributed by atoms with E-state index in [-0.39, 0.29) is 0 Å². The van der Waals surface area contributed by atoms with Crippen molar-refractivity contribution in [3.63, 3.8) is 0 Å². The number of hydrogen-bond donors (Lipinski definition) is 0. The van der Waals surface area contributed by atoms with Gasteiger partial charge in [-0.3, -0.25) is 0 Å². The molecular formula is C11H13NSe. The van der Waals surface area contributed by atoms with E-state index in [2.05, 4.69) is 39.9 Å². The van der Waals surface area contributed by atoms with Gasteiger partial charge in [0.05, 0.1) is 0 Å². The Balaban J connectivity index is 2.64. The van der Waals surface area contributed by atoms with Crippen molar-refractivity contribution in [1.82, 2.24) is 4.90 Å². The Bertz CT molecular complexity index is 301. The van der Waals surface area contributed by atoms with Crippen molar-refractivity contribution in [2.75, 3.05) is 14.1 Å². The maximum absolute atomic E-state index is 3.00. The maximum atomic E-state index is 3.00. The van der Waals surface area contributed by atoms with Crippen LogP contribution in [-0.2, 0) is 0 Å². The van der Waals surface area contributed by atoms with E-state index in [0.29, 0.717) is 0 Å². The average molecular weight is 238 g/mol. The van der Waals surface area contributed by atoms with E-state index in [9.17, 15) is 0 Å². The summed E-state index contributed by atoms with van der Waals surface area (Å²) in [7, 11) is 4.03. The van der Waals surface area contributed by atoms with Crippen LogP contribution < -0.4 is 0 Å². The van der Waals surface area contributed by atoms with Crippen molar-refractivity contribution in [3.05, 3.63) is 42.0 Å². The van der Waals surface area contributed by atoms with Crippen LogP contribution in [0, 0.1) is 0 Å². The molecule has 0 fully saturated rings. The zero-order valence-electron chi connectivity index (χ0n) is 7.90. The van der Waals surface area contributed by atoms with Gasteiger partial charge in [-0.2, -0.15) is 0 Å². The van der Waals surface area contributed by atoms with Crippen molar-refractivity contribution in [1.29, 1.82) is 0 Å². The zero-order valence-corrected chi connectivity index (χ0v) is 9.61. The van der Waals surface area contributed by atoms with Crippen molar-refractivity contribution in [3.8, 4) is 0 Å². The van der Waals surface area contributed by atoms with Crippen LogP contribution in [0.2, 0.25) is 0 Å². The third-order valence-corrected chi connectivity index (χ3v) is 2.71. The molecule has 0 saturated heterocycles. The van der Waals surface area contributed by atoms with Gasteiger partial charge >= 0.3 is 87.2 Å². The van der Waals surface area contributed by atoms with Gasteiger partial charge in [-0.15, -0.1) is 0 Å². The Morgan fingerprint density at radius 3 is 2.38 bits per heavy atom. The van der Waals surface area contributed by atoms with E-state index in [0.717, 1.165) is 4.54 Å². The monoisotopic (exact) mass is 239 g/mol. The van der Waals surface area contributed by atoms with Crippen molar-refractivity contribution in [2.45, 2.75) is 0 Å². The molecule has 0 spiro atoms. The average Bonchev–Trinajstić information content (AvgIpc) is 2.15. The molecule has 0 amide bonds. The summed E-state index contributed by atoms with van der Waals surface area (Å²) < 4.78 is 1.13. The SMILES string of the molecule is CN(C)C(=[Se])/C=C/c1ccccc1. The Morgan fingerprint density at radius 2 is 1.85 bits per heavy atom. The van der Waals surface area contributed by atoms with Gasteiger partial charge in [0, 0.05) is 0 Å². The summed E-state index contributed by atoms with van der Waals surface area (Å²) in [5.74, 6) is 0. The second-order valence-electron chi connectivity index (χ2n) is 2.98. The summed E-state index contributed by atoms with van der Waals surface area (Å²) in [6, 6.07) is 10.3. The van der Waals surface area contributed by atoms with Gasteiger partial charge in [-0.05, 0) is 0 Å². The molecule has 1 aromatic carbocycles. The number of benzene rings is 1. The van der Waals surface area contributed by atoms with Crippen molar-refractivity contribution >= 4 is 26.2 Å². The fourth-order valence-corrected chi connectivity index (χ4v) is 1.02. The van der Waals surface area contributed by atoms with Gasteiger partial charge in [0.1, 0.15) is 0 Å². The van der Waals surface area contributed by atoms with Gasteiger partial charge in [0.2, 0.25) is 0 Å². The molecule has 0 heterocycles. The third kappa shape index (κ3) is 3.58. The van der Waals surface area contributed by atoms with Crippen molar-refractivity contribution in [2.24, 2.45) is 0 Å². The van der Waals surface area contributed by atoms with Crippen LogP contribution in [0.5, 0.6) is 0 Å². The summed E-state index contributed by atoms with van der Waals surface area (Å²) in [5, 5.41) is 0. The van der Waals surface area contributed by atoms with E-state index in [4.69, 9.17) is 0 Å². The first-order valence-corrected chi connectivity index (χ1v) is 5.00. The Morgan fingerprint density at radius 1 is 1.23 bits per heavy atom. The normalized spacial score (nSPS) is 10.3. The molecule has 0 saturated carbocycles. The van der Waals surface area contributed by atoms with E-state index in [1.54, 1.807) is 0 Å². The van der Waals surface area contributed by atoms with Gasteiger partial charge in [0.15, 0.2) is 0 Å². The van der Waals surface area contributed by atoms with Gasteiger partial charge in [0.25, 0.3) is 0 Å². The molecule has 2 heteroatoms. The van der Waals surface area contributed by atoms with E-state index >= 15 is 0 Å². The van der Waals surface area contributed by atoms with E-state index in [1.165, 1.54) is 5.56 Å². The van der Waals surface area contributed by atoms with Crippen LogP contribution in [0.4, 0.5) is 0 Å². The third-order valence-electron chi connectivity index (χ3n) is 1.66. The molecule has 0 aliphatic heterocycles. The Kier molecular flexibility index (Phi) is 3.94. The second-order valence-corrected chi connectivity index (χ2v) is 3.85. The molecule has 0 N–H and O–H groups in total. The number of rotatable bonds is 3. The fraction of sp³-hybridized carbons (Fsp3) is 0.182. The van der Waals surface area contributed by atoms with Crippen LogP contribution in [0.15, 0.2) is 36.4 Å². The first kappa shape index (κ1) is 10.2. The minimum absolute atomic E-state index is 1.13. The topological polar surface area (TPSA) is 3.24 Å². The fourth-order valence-electron chi connectivity index (χ4n) is 0.881. The number of likely N-dealkylation sites (N-methyl/N-ethyl adjacent to an activating group) is 1. The molecule has 0 aliphatic rings. The van der Waals surface area contributed by atoms with Crippen LogP contribution in [0.25, 0.3) is 6.08 Å². The van der Waals surface area contributed by atoms with Gasteiger partial charge in [-0.25, -0.2) is 0 Å². The van der Waals surface area contributed by atoms with Gasteiger partial charge < -0.3 is 0 Å². The number of nitrogens with zero attached hydrogens (tertiary/aromatic N) is 1. The molecule has 1 aromatic rings. The predicted molar refractivity (Wildman–Crippen MR) is 59.9 cm³/mol. The molecule has 0 unspecified atom stereocenters. The summed E-state index contributed by atoms with van der Waals surface area (Å²) >= 11 is 3.00. The molecule has 1 rings (SSSR count). The summed E-state index contributed by atoms with van der Waals surface area (Å²) in [6.07, 6.45) is 4.15. The summed E-state index contributed by atoms with van der Waals surface area (Å²) in [4.78, 5) is 2.04. The van der Waals surface area contributed by atoms with E-state index in [1.807, 2.05) is 37.2 Å². The molecule has 0 radical (unpaired) electrons. The molecule has 0 atom stereocenters. The Labute approximate surface area is 87.4 Å². The first-order chi connectivity index (χ1) is 6.20. The van der Waals surface area contributed by atoms with Crippen LogP contribution >= 0.6 is 0 Å². The molecule has 1 nitrogen and oxygen atoms in total. The van der Waals surface area contributed by atoms with Crippen LogP contribution in [-0.4, -0.2) is 39.1 Å². The molecule has 68 valence electrons. The predicted octanol–water partition coefficient (Wildman–Crippen LogP) is 1.56. The van der Waals surface area contributed by atoms with Crippen molar-refractivity contribution < 1.29 is 0 Å². The standard InChI is InChI=1S/C11H13NSe/c1-12(2)11(13)9-8-10-6-4-3-5-7-10/h3-9H,1-2H3/b9-8+. The zero-order chi connectivity index (χ0) is 9.68. The number of hydrogen-bond acceptors (Lipinski definition) is 1. The second kappa shape index (κ2) is 5.00. The molecular weight excluding hydrogens is 225 g/mol. The minimum atomic E-state index is 1.13. The molecule has 0 aliphatic carbocycles. The summed E-state index contributed by atoms with van der Waals surface area (Å²) in [5.41, 5.74) is 1.22. The molecule has 13 heavy (non-hydrogen) atoms. The summed E-state index contributed by atoms with van der Waals surface area (Å²) in [6.45, 7) is 0.